The second kappa shape index (κ2) is 9.10. The van der Waals surface area contributed by atoms with E-state index in [0.717, 1.165) is 19.1 Å². The van der Waals surface area contributed by atoms with Crippen LogP contribution in [0, 0.1) is 11.8 Å². The Balaban J connectivity index is 5.48. The third kappa shape index (κ3) is 7.50. The van der Waals surface area contributed by atoms with Crippen LogP contribution >= 0.6 is 0 Å². The van der Waals surface area contributed by atoms with Crippen molar-refractivity contribution in [3.05, 3.63) is 0 Å². The van der Waals surface area contributed by atoms with Crippen LogP contribution in [0.5, 0.6) is 0 Å². The van der Waals surface area contributed by atoms with Crippen molar-refractivity contribution in [1.29, 1.82) is 0 Å². The van der Waals surface area contributed by atoms with E-state index in [-0.39, 0.29) is 29.1 Å². The van der Waals surface area contributed by atoms with Gasteiger partial charge in [0, 0.05) is 11.8 Å². The van der Waals surface area contributed by atoms with E-state index in [0.29, 0.717) is 0 Å². The average molecular weight is 375 g/mol. The predicted octanol–water partition coefficient (Wildman–Crippen LogP) is 5.87. The minimum atomic E-state index is -1.85. The smallest absolute Gasteiger partial charge is 0.192 e. The molecular weight excluding hydrogens is 332 g/mol. The largest absolute Gasteiger partial charge is 0.414 e. The first-order valence-corrected chi connectivity index (χ1v) is 15.8. The van der Waals surface area contributed by atoms with Crippen LogP contribution in [0.2, 0.25) is 37.8 Å². The Morgan fingerprint density at radius 2 is 1.50 bits per heavy atom. The number of carbonyl (C=O) groups is 1. The van der Waals surface area contributed by atoms with Crippen molar-refractivity contribution >= 4 is 22.9 Å². The second-order valence-electron chi connectivity index (χ2n) is 9.75. The highest BCUT2D eigenvalue weighted by atomic mass is 28.4. The van der Waals surface area contributed by atoms with Crippen molar-refractivity contribution < 1.29 is 13.6 Å². The molecule has 0 fully saturated rings. The molecule has 144 valence electrons. The quantitative estimate of drug-likeness (QED) is 0.354. The Bertz CT molecular complexity index is 383. The molecule has 0 spiro atoms. The highest BCUT2D eigenvalue weighted by molar-refractivity contribution is 6.74. The van der Waals surface area contributed by atoms with Crippen molar-refractivity contribution in [2.75, 3.05) is 0 Å². The highest BCUT2D eigenvalue weighted by Crippen LogP contribution is 2.39. The molecule has 4 atom stereocenters. The van der Waals surface area contributed by atoms with E-state index in [1.807, 2.05) is 6.92 Å². The van der Waals surface area contributed by atoms with Gasteiger partial charge in [-0.05, 0) is 44.2 Å². The topological polar surface area (TPSA) is 35.5 Å². The lowest BCUT2D eigenvalue weighted by Gasteiger charge is -2.43. The molecule has 0 amide bonds. The molecule has 0 aliphatic heterocycles. The molecular formula is C19H42O3Si2. The maximum absolute atomic E-state index is 11.5. The van der Waals surface area contributed by atoms with Gasteiger partial charge in [-0.15, -0.1) is 0 Å². The molecule has 0 saturated heterocycles. The molecule has 0 bridgehead atoms. The summed E-state index contributed by atoms with van der Waals surface area (Å²) >= 11 is 0. The lowest BCUT2D eigenvalue weighted by atomic mass is 9.88. The van der Waals surface area contributed by atoms with Crippen molar-refractivity contribution in [2.45, 2.75) is 104 Å². The Kier molecular flexibility index (Phi) is 9.11. The summed E-state index contributed by atoms with van der Waals surface area (Å²) in [6.45, 7) is 24.4. The van der Waals surface area contributed by atoms with Crippen LogP contribution in [0.1, 0.15) is 54.4 Å². The number of carbonyl (C=O) groups excluding carboxylic acids is 1. The summed E-state index contributed by atoms with van der Waals surface area (Å²) in [4.78, 5) is 11.5. The van der Waals surface area contributed by atoms with Crippen LogP contribution in [0.25, 0.3) is 0 Å². The lowest BCUT2D eigenvalue weighted by molar-refractivity contribution is -0.115. The fraction of sp³-hybridized carbons (Fsp3) is 0.947. The Labute approximate surface area is 153 Å². The summed E-state index contributed by atoms with van der Waals surface area (Å²) in [6, 6.07) is 0. The summed E-state index contributed by atoms with van der Waals surface area (Å²) < 4.78 is 13.2. The molecule has 0 saturated carbocycles. The van der Waals surface area contributed by atoms with Crippen molar-refractivity contribution in [2.24, 2.45) is 11.8 Å². The normalized spacial score (nSPS) is 18.8. The monoisotopic (exact) mass is 374 g/mol. The van der Waals surface area contributed by atoms with Gasteiger partial charge in [0.05, 0.1) is 12.2 Å². The van der Waals surface area contributed by atoms with Gasteiger partial charge in [0.25, 0.3) is 0 Å². The molecule has 0 aliphatic carbocycles. The van der Waals surface area contributed by atoms with Gasteiger partial charge in [-0.2, -0.15) is 0 Å². The standard InChI is InChI=1S/C19H42O3Si2/c1-12-13-17(21-24(10,11)19(4,5)6)16(3)18(15(2)14-20)22-23(7,8)9/h14-18H,12-13H2,1-11H3/t15-,16+,17-,18-/m1/s1. The molecule has 0 heterocycles. The van der Waals surface area contributed by atoms with E-state index in [9.17, 15) is 4.79 Å². The van der Waals surface area contributed by atoms with E-state index >= 15 is 0 Å². The van der Waals surface area contributed by atoms with Crippen molar-refractivity contribution in [1.82, 2.24) is 0 Å². The third-order valence-corrected chi connectivity index (χ3v) is 10.6. The molecule has 0 unspecified atom stereocenters. The molecule has 0 aliphatic rings. The zero-order valence-corrected chi connectivity index (χ0v) is 20.0. The summed E-state index contributed by atoms with van der Waals surface area (Å²) in [5.74, 6) is 0.111. The SMILES string of the molecule is CCC[C@@H](O[Si](C)(C)C(C)(C)C)[C@H](C)[C@H](O[Si](C)(C)C)[C@H](C)C=O. The molecule has 0 rings (SSSR count). The van der Waals surface area contributed by atoms with Crippen LogP contribution < -0.4 is 0 Å². The van der Waals surface area contributed by atoms with Crippen molar-refractivity contribution in [3.8, 4) is 0 Å². The molecule has 0 aromatic heterocycles. The zero-order chi connectivity index (χ0) is 19.3. The van der Waals surface area contributed by atoms with E-state index < -0.39 is 16.6 Å². The Morgan fingerprint density at radius 1 is 1.00 bits per heavy atom. The first-order chi connectivity index (χ1) is 10.7. The van der Waals surface area contributed by atoms with Gasteiger partial charge in [-0.1, -0.05) is 48.0 Å². The Morgan fingerprint density at radius 3 is 1.83 bits per heavy atom. The number of hydrogen-bond donors (Lipinski definition) is 0. The second-order valence-corrected chi connectivity index (χ2v) is 19.0. The van der Waals surface area contributed by atoms with E-state index in [1.165, 1.54) is 0 Å². The molecule has 0 aromatic rings. The highest BCUT2D eigenvalue weighted by Gasteiger charge is 2.42. The number of hydrogen-bond acceptors (Lipinski definition) is 3. The summed E-state index contributed by atoms with van der Waals surface area (Å²) in [5.41, 5.74) is 0. The van der Waals surface area contributed by atoms with Gasteiger partial charge < -0.3 is 13.6 Å². The van der Waals surface area contributed by atoms with Crippen LogP contribution in [0.15, 0.2) is 0 Å². The minimum Gasteiger partial charge on any atom is -0.414 e. The minimum absolute atomic E-state index is 0.0597. The average Bonchev–Trinajstić information content (AvgIpc) is 2.40. The third-order valence-electron chi connectivity index (χ3n) is 5.15. The molecule has 24 heavy (non-hydrogen) atoms. The summed E-state index contributed by atoms with van der Waals surface area (Å²) in [6.07, 6.45) is 3.23. The van der Waals surface area contributed by atoms with Crippen LogP contribution in [0.4, 0.5) is 0 Å². The first kappa shape index (κ1) is 24.0. The van der Waals surface area contributed by atoms with Gasteiger partial charge in [0.1, 0.15) is 6.29 Å². The van der Waals surface area contributed by atoms with Crippen molar-refractivity contribution in [3.63, 3.8) is 0 Å². The summed E-state index contributed by atoms with van der Waals surface area (Å²) in [5, 5.41) is 0.185. The van der Waals surface area contributed by atoms with Gasteiger partial charge >= 0.3 is 0 Å². The van der Waals surface area contributed by atoms with E-state index in [2.05, 4.69) is 67.4 Å². The Hall–Kier alpha value is 0.0238. The van der Waals surface area contributed by atoms with E-state index in [4.69, 9.17) is 8.85 Å². The van der Waals surface area contributed by atoms with Gasteiger partial charge in [0.2, 0.25) is 0 Å². The maximum Gasteiger partial charge on any atom is 0.192 e. The fourth-order valence-electron chi connectivity index (χ4n) is 2.66. The zero-order valence-electron chi connectivity index (χ0n) is 18.0. The van der Waals surface area contributed by atoms with Crippen LogP contribution in [-0.4, -0.2) is 35.1 Å². The van der Waals surface area contributed by atoms with Crippen LogP contribution in [0.3, 0.4) is 0 Å². The molecule has 0 aromatic carbocycles. The number of aldehydes is 1. The lowest BCUT2D eigenvalue weighted by Crippen LogP contribution is -2.50. The fourth-order valence-corrected chi connectivity index (χ4v) is 5.35. The van der Waals surface area contributed by atoms with Gasteiger partial charge in [-0.3, -0.25) is 0 Å². The molecule has 0 N–H and O–H groups in total. The maximum atomic E-state index is 11.5. The molecule has 5 heteroatoms. The summed E-state index contributed by atoms with van der Waals surface area (Å²) in [7, 11) is -3.58. The molecule has 0 radical (unpaired) electrons. The predicted molar refractivity (Wildman–Crippen MR) is 110 cm³/mol. The van der Waals surface area contributed by atoms with Crippen LogP contribution in [-0.2, 0) is 13.6 Å². The molecule has 3 nitrogen and oxygen atoms in total. The first-order valence-electron chi connectivity index (χ1n) is 9.47. The van der Waals surface area contributed by atoms with Gasteiger partial charge in [-0.25, -0.2) is 0 Å². The number of rotatable bonds is 10. The van der Waals surface area contributed by atoms with Gasteiger partial charge in [0.15, 0.2) is 16.6 Å². The van der Waals surface area contributed by atoms with E-state index in [1.54, 1.807) is 0 Å².